The molecule has 0 saturated carbocycles. The SMILES string of the molecule is CC.O=c1[nH]ccc2nc(-c3ccc(CN4CCC(c5cc(-c6ccccn6)n[nH]5)CC4)cc3)c(-c3ccccc3)cc12. The Morgan fingerprint density at radius 3 is 2.35 bits per heavy atom. The van der Waals surface area contributed by atoms with Crippen molar-refractivity contribution >= 4 is 10.9 Å². The summed E-state index contributed by atoms with van der Waals surface area (Å²) in [6.07, 6.45) is 5.66. The van der Waals surface area contributed by atoms with Gasteiger partial charge >= 0.3 is 0 Å². The highest BCUT2D eigenvalue weighted by molar-refractivity contribution is 5.91. The Balaban J connectivity index is 0.00000161. The number of aromatic amines is 2. The van der Waals surface area contributed by atoms with E-state index in [4.69, 9.17) is 4.98 Å². The molecular formula is C36H36N6O. The van der Waals surface area contributed by atoms with Crippen molar-refractivity contribution in [2.45, 2.75) is 39.2 Å². The van der Waals surface area contributed by atoms with E-state index < -0.39 is 0 Å². The largest absolute Gasteiger partial charge is 0.328 e. The summed E-state index contributed by atoms with van der Waals surface area (Å²) >= 11 is 0. The van der Waals surface area contributed by atoms with Gasteiger partial charge in [0.25, 0.3) is 5.56 Å². The summed E-state index contributed by atoms with van der Waals surface area (Å²) in [6.45, 7) is 7.01. The third kappa shape index (κ3) is 6.17. The second kappa shape index (κ2) is 13.0. The molecule has 2 aromatic carbocycles. The van der Waals surface area contributed by atoms with Gasteiger partial charge in [0.1, 0.15) is 5.69 Å². The van der Waals surface area contributed by atoms with Gasteiger partial charge in [0.2, 0.25) is 0 Å². The Kier molecular flexibility index (Phi) is 8.52. The second-order valence-corrected chi connectivity index (χ2v) is 10.7. The summed E-state index contributed by atoms with van der Waals surface area (Å²) in [5, 5.41) is 8.36. The van der Waals surface area contributed by atoms with E-state index in [1.54, 1.807) is 12.4 Å². The summed E-state index contributed by atoms with van der Waals surface area (Å²) in [7, 11) is 0. The van der Waals surface area contributed by atoms with E-state index >= 15 is 0 Å². The predicted octanol–water partition coefficient (Wildman–Crippen LogP) is 7.45. The van der Waals surface area contributed by atoms with Crippen LogP contribution in [-0.4, -0.2) is 43.1 Å². The third-order valence-electron chi connectivity index (χ3n) is 8.02. The standard InChI is InChI=1S/C34H30N6O.C2H6/c41-34-28-20-27(24-6-2-1-3-7-24)33(37-29(28)13-17-36-34)26-11-9-23(10-12-26)22-40-18-14-25(15-19-40)31-21-32(39-38-31)30-8-4-5-16-35-30;1-2/h1-13,16-17,20-21,25H,14-15,18-19,22H2,(H,36,41)(H,38,39);1-2H3. The number of nitrogens with one attached hydrogen (secondary N) is 2. The lowest BCUT2D eigenvalue weighted by Crippen LogP contribution is -2.32. The van der Waals surface area contributed by atoms with Gasteiger partial charge in [0.15, 0.2) is 0 Å². The molecule has 0 aliphatic carbocycles. The van der Waals surface area contributed by atoms with E-state index in [9.17, 15) is 4.79 Å². The Morgan fingerprint density at radius 1 is 0.837 bits per heavy atom. The minimum absolute atomic E-state index is 0.126. The Hall–Kier alpha value is -4.88. The van der Waals surface area contributed by atoms with Crippen LogP contribution in [0.25, 0.3) is 44.7 Å². The predicted molar refractivity (Wildman–Crippen MR) is 174 cm³/mol. The van der Waals surface area contributed by atoms with Gasteiger partial charge < -0.3 is 4.98 Å². The van der Waals surface area contributed by atoms with Gasteiger partial charge in [-0.3, -0.25) is 19.8 Å². The number of benzene rings is 2. The molecule has 43 heavy (non-hydrogen) atoms. The summed E-state index contributed by atoms with van der Waals surface area (Å²) in [4.78, 5) is 27.2. The van der Waals surface area contributed by atoms with Crippen LogP contribution in [0.15, 0.2) is 108 Å². The first-order valence-electron chi connectivity index (χ1n) is 15.1. The van der Waals surface area contributed by atoms with Gasteiger partial charge in [-0.15, -0.1) is 0 Å². The van der Waals surface area contributed by atoms with Gasteiger partial charge in [-0.25, -0.2) is 4.98 Å². The van der Waals surface area contributed by atoms with Gasteiger partial charge in [-0.2, -0.15) is 5.10 Å². The fraction of sp³-hybridized carbons (Fsp3) is 0.222. The molecule has 5 heterocycles. The molecular weight excluding hydrogens is 532 g/mol. The number of likely N-dealkylation sites (tertiary alicyclic amines) is 1. The van der Waals surface area contributed by atoms with Gasteiger partial charge in [0.05, 0.1) is 22.3 Å². The Bertz CT molecular complexity index is 1840. The lowest BCUT2D eigenvalue weighted by molar-refractivity contribution is 0.203. The quantitative estimate of drug-likeness (QED) is 0.218. The van der Waals surface area contributed by atoms with Crippen molar-refractivity contribution in [2.24, 2.45) is 0 Å². The van der Waals surface area contributed by atoms with Crippen molar-refractivity contribution in [3.05, 3.63) is 125 Å². The summed E-state index contributed by atoms with van der Waals surface area (Å²) in [5.41, 5.74) is 8.77. The van der Waals surface area contributed by atoms with Crippen molar-refractivity contribution in [3.63, 3.8) is 0 Å². The number of aromatic nitrogens is 5. The molecule has 6 aromatic rings. The average molecular weight is 569 g/mol. The maximum absolute atomic E-state index is 12.5. The molecule has 0 amide bonds. The molecule has 7 nitrogen and oxygen atoms in total. The van der Waals surface area contributed by atoms with Crippen LogP contribution < -0.4 is 5.56 Å². The highest BCUT2D eigenvalue weighted by Crippen LogP contribution is 2.33. The number of nitrogens with zero attached hydrogens (tertiary/aromatic N) is 4. The fourth-order valence-corrected chi connectivity index (χ4v) is 5.79. The molecule has 1 fully saturated rings. The van der Waals surface area contributed by atoms with Gasteiger partial charge in [-0.1, -0.05) is 74.5 Å². The van der Waals surface area contributed by atoms with Crippen molar-refractivity contribution < 1.29 is 0 Å². The summed E-state index contributed by atoms with van der Waals surface area (Å²) < 4.78 is 0. The lowest BCUT2D eigenvalue weighted by atomic mass is 9.93. The molecule has 1 aliphatic rings. The third-order valence-corrected chi connectivity index (χ3v) is 8.02. The van der Waals surface area contributed by atoms with E-state index in [1.807, 2.05) is 62.4 Å². The number of rotatable bonds is 6. The molecule has 0 radical (unpaired) electrons. The number of hydrogen-bond acceptors (Lipinski definition) is 5. The van der Waals surface area contributed by atoms with E-state index in [2.05, 4.69) is 67.5 Å². The summed E-state index contributed by atoms with van der Waals surface area (Å²) in [6, 6.07) is 30.7. The van der Waals surface area contributed by atoms with Crippen LogP contribution in [0.2, 0.25) is 0 Å². The number of piperidine rings is 1. The zero-order chi connectivity index (χ0) is 29.6. The molecule has 0 unspecified atom stereocenters. The van der Waals surface area contributed by atoms with Crippen LogP contribution >= 0.6 is 0 Å². The second-order valence-electron chi connectivity index (χ2n) is 10.7. The van der Waals surface area contributed by atoms with Crippen LogP contribution in [0.4, 0.5) is 0 Å². The molecule has 4 aromatic heterocycles. The Labute approximate surface area is 251 Å². The Morgan fingerprint density at radius 2 is 1.60 bits per heavy atom. The van der Waals surface area contributed by atoms with Crippen molar-refractivity contribution in [1.82, 2.24) is 30.0 Å². The first-order chi connectivity index (χ1) is 21.2. The van der Waals surface area contributed by atoms with Crippen LogP contribution in [0.3, 0.4) is 0 Å². The van der Waals surface area contributed by atoms with Crippen molar-refractivity contribution in [2.75, 3.05) is 13.1 Å². The van der Waals surface area contributed by atoms with E-state index in [-0.39, 0.29) is 5.56 Å². The highest BCUT2D eigenvalue weighted by Gasteiger charge is 2.23. The molecule has 0 atom stereocenters. The van der Waals surface area contributed by atoms with E-state index in [1.165, 1.54) is 11.3 Å². The van der Waals surface area contributed by atoms with Gasteiger partial charge in [0, 0.05) is 41.7 Å². The fourth-order valence-electron chi connectivity index (χ4n) is 5.79. The van der Waals surface area contributed by atoms with Crippen LogP contribution in [0.5, 0.6) is 0 Å². The number of hydrogen-bond donors (Lipinski definition) is 2. The smallest absolute Gasteiger partial charge is 0.257 e. The highest BCUT2D eigenvalue weighted by atomic mass is 16.1. The molecule has 1 saturated heterocycles. The topological polar surface area (TPSA) is 90.6 Å². The molecule has 7 heteroatoms. The van der Waals surface area contributed by atoms with Gasteiger partial charge in [-0.05, 0) is 67.4 Å². The van der Waals surface area contributed by atoms with Crippen molar-refractivity contribution in [1.29, 1.82) is 0 Å². The molecule has 216 valence electrons. The minimum Gasteiger partial charge on any atom is -0.328 e. The number of H-pyrrole nitrogens is 2. The van der Waals surface area contributed by atoms with Crippen LogP contribution in [0, 0.1) is 0 Å². The normalized spacial score (nSPS) is 13.9. The molecule has 2 N–H and O–H groups in total. The first-order valence-corrected chi connectivity index (χ1v) is 15.1. The molecule has 7 rings (SSSR count). The van der Waals surface area contributed by atoms with Crippen molar-refractivity contribution in [3.8, 4) is 33.8 Å². The maximum atomic E-state index is 12.5. The molecule has 0 spiro atoms. The molecule has 0 bridgehead atoms. The van der Waals surface area contributed by atoms with E-state index in [0.29, 0.717) is 16.8 Å². The minimum atomic E-state index is -0.126. The monoisotopic (exact) mass is 568 g/mol. The number of fused-ring (bicyclic) bond motifs is 1. The lowest BCUT2D eigenvalue weighted by Gasteiger charge is -2.31. The maximum Gasteiger partial charge on any atom is 0.257 e. The first kappa shape index (κ1) is 28.2. The average Bonchev–Trinajstić information content (AvgIpc) is 3.58. The number of pyridine rings is 3. The zero-order valence-electron chi connectivity index (χ0n) is 24.6. The zero-order valence-corrected chi connectivity index (χ0v) is 24.6. The van der Waals surface area contributed by atoms with Crippen LogP contribution in [-0.2, 0) is 6.54 Å². The van der Waals surface area contributed by atoms with Crippen LogP contribution in [0.1, 0.15) is 43.9 Å². The molecule has 1 aliphatic heterocycles. The summed E-state index contributed by atoms with van der Waals surface area (Å²) in [5.74, 6) is 0.487. The van der Waals surface area contributed by atoms with E-state index in [0.717, 1.165) is 66.2 Å².